The van der Waals surface area contributed by atoms with Gasteiger partial charge in [-0.25, -0.2) is 9.78 Å². The largest absolute Gasteiger partial charge is 0.508 e. The summed E-state index contributed by atoms with van der Waals surface area (Å²) in [5, 5.41) is 25.4. The highest BCUT2D eigenvalue weighted by atomic mass is 16.4. The van der Waals surface area contributed by atoms with E-state index in [9.17, 15) is 34.2 Å². The molecule has 1 heterocycles. The Morgan fingerprint density at radius 1 is 1.00 bits per heavy atom. The smallest absolute Gasteiger partial charge is 0.326 e. The highest BCUT2D eigenvalue weighted by molar-refractivity contribution is 5.95. The fourth-order valence-electron chi connectivity index (χ4n) is 3.02. The number of nitrogens with two attached hydrogens (primary N) is 2. The van der Waals surface area contributed by atoms with Crippen molar-refractivity contribution in [1.82, 2.24) is 25.9 Å². The van der Waals surface area contributed by atoms with Crippen LogP contribution in [0.1, 0.15) is 17.7 Å². The summed E-state index contributed by atoms with van der Waals surface area (Å²) in [5.41, 5.74) is 12.2. The number of phenols is 1. The van der Waals surface area contributed by atoms with Crippen LogP contribution in [0.2, 0.25) is 0 Å². The van der Waals surface area contributed by atoms with E-state index in [1.807, 2.05) is 0 Å². The minimum atomic E-state index is -1.40. The number of hydrogen-bond acceptors (Lipinski definition) is 8. The van der Waals surface area contributed by atoms with Crippen LogP contribution in [0.3, 0.4) is 0 Å². The number of nitrogens with zero attached hydrogens (tertiary/aromatic N) is 1. The van der Waals surface area contributed by atoms with Gasteiger partial charge in [-0.05, 0) is 24.1 Å². The number of imidazole rings is 1. The van der Waals surface area contributed by atoms with Crippen molar-refractivity contribution < 1.29 is 34.2 Å². The Morgan fingerprint density at radius 3 is 2.26 bits per heavy atom. The Labute approximate surface area is 199 Å². The average molecular weight is 489 g/mol. The maximum Gasteiger partial charge on any atom is 0.326 e. The zero-order valence-corrected chi connectivity index (χ0v) is 18.6. The molecule has 14 heteroatoms. The number of benzene rings is 1. The van der Waals surface area contributed by atoms with Gasteiger partial charge in [-0.1, -0.05) is 12.1 Å². The lowest BCUT2D eigenvalue weighted by Crippen LogP contribution is -2.54. The molecule has 0 saturated carbocycles. The van der Waals surface area contributed by atoms with E-state index in [4.69, 9.17) is 11.5 Å². The molecule has 10 N–H and O–H groups in total. The van der Waals surface area contributed by atoms with Gasteiger partial charge in [-0.15, -0.1) is 0 Å². The number of amides is 4. The molecule has 188 valence electrons. The Hall–Kier alpha value is -4.46. The van der Waals surface area contributed by atoms with Gasteiger partial charge >= 0.3 is 5.97 Å². The quantitative estimate of drug-likeness (QED) is 0.145. The van der Waals surface area contributed by atoms with Crippen LogP contribution in [0.5, 0.6) is 5.75 Å². The summed E-state index contributed by atoms with van der Waals surface area (Å²) < 4.78 is 0. The molecule has 1 aromatic heterocycles. The van der Waals surface area contributed by atoms with Crippen LogP contribution in [0.15, 0.2) is 36.8 Å². The minimum absolute atomic E-state index is 0.0463. The maximum absolute atomic E-state index is 12.5. The Bertz CT molecular complexity index is 1040. The molecule has 0 spiro atoms. The Balaban J connectivity index is 1.91. The van der Waals surface area contributed by atoms with E-state index in [1.54, 1.807) is 12.1 Å². The summed E-state index contributed by atoms with van der Waals surface area (Å²) >= 11 is 0. The number of H-pyrrole nitrogens is 1. The van der Waals surface area contributed by atoms with Gasteiger partial charge in [-0.3, -0.25) is 19.2 Å². The van der Waals surface area contributed by atoms with Crippen molar-refractivity contribution in [3.05, 3.63) is 48.0 Å². The summed E-state index contributed by atoms with van der Waals surface area (Å²) in [6, 6.07) is 2.25. The number of aromatic hydroxyl groups is 1. The van der Waals surface area contributed by atoms with E-state index in [1.165, 1.54) is 24.7 Å². The molecular formula is C21H27N7O7. The first-order valence-corrected chi connectivity index (χ1v) is 10.4. The fraction of sp³-hybridized carbons (Fsp3) is 0.333. The van der Waals surface area contributed by atoms with Gasteiger partial charge in [0.25, 0.3) is 0 Å². The highest BCUT2D eigenvalue weighted by Gasteiger charge is 2.27. The molecule has 0 fully saturated rings. The predicted molar refractivity (Wildman–Crippen MR) is 120 cm³/mol. The number of aromatic nitrogens is 2. The number of hydrogen-bond donors (Lipinski definition) is 8. The predicted octanol–water partition coefficient (Wildman–Crippen LogP) is -2.73. The molecule has 0 bridgehead atoms. The molecule has 3 atom stereocenters. The number of carbonyl (C=O) groups is 5. The molecule has 0 radical (unpaired) electrons. The van der Waals surface area contributed by atoms with E-state index < -0.39 is 60.7 Å². The molecule has 2 aromatic rings. The molecule has 0 aliphatic rings. The van der Waals surface area contributed by atoms with Gasteiger partial charge < -0.3 is 42.6 Å². The van der Waals surface area contributed by atoms with Crippen LogP contribution < -0.4 is 27.4 Å². The van der Waals surface area contributed by atoms with Crippen molar-refractivity contribution in [2.24, 2.45) is 11.5 Å². The van der Waals surface area contributed by atoms with Crippen LogP contribution >= 0.6 is 0 Å². The molecule has 0 aliphatic heterocycles. The van der Waals surface area contributed by atoms with E-state index in [2.05, 4.69) is 25.9 Å². The summed E-state index contributed by atoms with van der Waals surface area (Å²) in [5.74, 6) is -4.56. The van der Waals surface area contributed by atoms with Crippen LogP contribution in [0, 0.1) is 0 Å². The van der Waals surface area contributed by atoms with Crippen molar-refractivity contribution in [1.29, 1.82) is 0 Å². The SMILES string of the molecule is NC(=O)CC(NC(=O)C(N)Cc1ccc(O)cc1)C(=O)NCC(=O)NC(Cc1cnc[nH]1)C(=O)O. The monoisotopic (exact) mass is 489 g/mol. The number of primary amides is 1. The first-order chi connectivity index (χ1) is 16.5. The molecule has 4 amide bonds. The third kappa shape index (κ3) is 9.13. The Morgan fingerprint density at radius 2 is 1.69 bits per heavy atom. The number of carboxylic acids is 1. The molecule has 0 saturated heterocycles. The second-order valence-electron chi connectivity index (χ2n) is 7.67. The molecule has 2 rings (SSSR count). The number of carboxylic acid groups (broad SMARTS) is 1. The number of nitrogens with one attached hydrogen (secondary N) is 4. The zero-order chi connectivity index (χ0) is 26.0. The van der Waals surface area contributed by atoms with E-state index >= 15 is 0 Å². The van der Waals surface area contributed by atoms with Crippen LogP contribution in [0.4, 0.5) is 0 Å². The topological polar surface area (TPSA) is 243 Å². The van der Waals surface area contributed by atoms with Crippen LogP contribution in [0.25, 0.3) is 0 Å². The second-order valence-corrected chi connectivity index (χ2v) is 7.67. The summed E-state index contributed by atoms with van der Waals surface area (Å²) in [7, 11) is 0. The third-order valence-electron chi connectivity index (χ3n) is 4.80. The highest BCUT2D eigenvalue weighted by Crippen LogP contribution is 2.11. The lowest BCUT2D eigenvalue weighted by molar-refractivity contribution is -0.141. The first-order valence-electron chi connectivity index (χ1n) is 10.4. The summed E-state index contributed by atoms with van der Waals surface area (Å²) in [4.78, 5) is 66.4. The number of phenolic OH excluding ortho intramolecular Hbond substituents is 1. The van der Waals surface area contributed by atoms with Gasteiger partial charge in [0, 0.05) is 18.3 Å². The zero-order valence-electron chi connectivity index (χ0n) is 18.6. The first kappa shape index (κ1) is 26.8. The molecule has 14 nitrogen and oxygen atoms in total. The van der Waals surface area contributed by atoms with Gasteiger partial charge in [-0.2, -0.15) is 0 Å². The van der Waals surface area contributed by atoms with Crippen molar-refractivity contribution >= 4 is 29.6 Å². The number of aliphatic carboxylic acids is 1. The van der Waals surface area contributed by atoms with E-state index in [0.717, 1.165) is 0 Å². The van der Waals surface area contributed by atoms with Gasteiger partial charge in [0.05, 0.1) is 25.3 Å². The molecule has 35 heavy (non-hydrogen) atoms. The normalized spacial score (nSPS) is 13.2. The van der Waals surface area contributed by atoms with Crippen molar-refractivity contribution in [2.75, 3.05) is 6.54 Å². The second kappa shape index (κ2) is 12.7. The maximum atomic E-state index is 12.5. The molecular weight excluding hydrogens is 462 g/mol. The lowest BCUT2D eigenvalue weighted by atomic mass is 10.0. The fourth-order valence-corrected chi connectivity index (χ4v) is 3.02. The van der Waals surface area contributed by atoms with Crippen LogP contribution in [-0.2, 0) is 36.8 Å². The number of carbonyl (C=O) groups excluding carboxylic acids is 4. The molecule has 0 aliphatic carbocycles. The van der Waals surface area contributed by atoms with E-state index in [-0.39, 0.29) is 18.6 Å². The number of rotatable bonds is 13. The Kier molecular flexibility index (Phi) is 9.71. The summed E-state index contributed by atoms with van der Waals surface area (Å²) in [6.45, 7) is -0.615. The van der Waals surface area contributed by atoms with Gasteiger partial charge in [0.1, 0.15) is 17.8 Å². The van der Waals surface area contributed by atoms with Crippen molar-refractivity contribution in [3.8, 4) is 5.75 Å². The van der Waals surface area contributed by atoms with Gasteiger partial charge in [0.2, 0.25) is 23.6 Å². The van der Waals surface area contributed by atoms with Crippen molar-refractivity contribution in [2.45, 2.75) is 37.4 Å². The number of aromatic amines is 1. The van der Waals surface area contributed by atoms with Crippen molar-refractivity contribution in [3.63, 3.8) is 0 Å². The third-order valence-corrected chi connectivity index (χ3v) is 4.80. The van der Waals surface area contributed by atoms with Crippen LogP contribution in [-0.4, -0.2) is 74.4 Å². The molecule has 3 unspecified atom stereocenters. The lowest BCUT2D eigenvalue weighted by Gasteiger charge is -2.20. The average Bonchev–Trinajstić information content (AvgIpc) is 3.30. The van der Waals surface area contributed by atoms with Gasteiger partial charge in [0.15, 0.2) is 0 Å². The minimum Gasteiger partial charge on any atom is -0.508 e. The van der Waals surface area contributed by atoms with E-state index in [0.29, 0.717) is 11.3 Å². The summed E-state index contributed by atoms with van der Waals surface area (Å²) in [6.07, 6.45) is 2.25. The molecule has 1 aromatic carbocycles. The standard InChI is InChI=1S/C21H27N7O7/c22-14(5-11-1-3-13(29)4-2-11)19(32)28-15(7-17(23)30)20(33)25-9-18(31)27-16(21(34)35)6-12-8-24-10-26-12/h1-4,8,10,14-16,29H,5-7,9,22H2,(H2,23,30)(H,24,26)(H,25,33)(H,27,31)(H,28,32)(H,34,35).